The van der Waals surface area contributed by atoms with Crippen molar-refractivity contribution in [2.75, 3.05) is 39.3 Å². The Bertz CT molecular complexity index is 1170. The van der Waals surface area contributed by atoms with Crippen molar-refractivity contribution < 1.29 is 23.9 Å². The molecule has 0 aliphatic carbocycles. The molecule has 2 aliphatic heterocycles. The van der Waals surface area contributed by atoms with Crippen LogP contribution < -0.4 is 26.0 Å². The topological polar surface area (TPSA) is 129 Å². The molecule has 0 radical (unpaired) electrons. The van der Waals surface area contributed by atoms with Gasteiger partial charge in [0.25, 0.3) is 5.91 Å². The number of fused-ring (bicyclic) bond motifs is 1. The molecule has 1 saturated heterocycles. The summed E-state index contributed by atoms with van der Waals surface area (Å²) >= 11 is 0. The summed E-state index contributed by atoms with van der Waals surface area (Å²) in [6.45, 7) is 3.79. The molecule has 0 saturated carbocycles. The van der Waals surface area contributed by atoms with Gasteiger partial charge in [-0.15, -0.1) is 0 Å². The average molecular weight is 564 g/mol. The van der Waals surface area contributed by atoms with Crippen molar-refractivity contribution in [2.45, 2.75) is 57.0 Å². The number of para-hydroxylation sites is 1. The van der Waals surface area contributed by atoms with Gasteiger partial charge in [-0.1, -0.05) is 55.3 Å². The summed E-state index contributed by atoms with van der Waals surface area (Å²) in [7, 11) is 0. The Labute approximate surface area is 241 Å². The predicted octanol–water partition coefficient (Wildman–Crippen LogP) is 1.79. The van der Waals surface area contributed by atoms with Gasteiger partial charge in [-0.2, -0.15) is 0 Å². The van der Waals surface area contributed by atoms with Crippen LogP contribution in [0.5, 0.6) is 5.75 Å². The lowest BCUT2D eigenvalue weighted by Gasteiger charge is -2.23. The molecule has 2 aliphatic rings. The Balaban J connectivity index is 1.46. The van der Waals surface area contributed by atoms with Gasteiger partial charge in [0, 0.05) is 13.0 Å². The summed E-state index contributed by atoms with van der Waals surface area (Å²) in [5, 5.41) is 11.2. The van der Waals surface area contributed by atoms with Crippen LogP contribution in [0, 0.1) is 0 Å². The molecule has 10 heteroatoms. The predicted molar refractivity (Wildman–Crippen MR) is 155 cm³/mol. The number of carbonyl (C=O) groups excluding carboxylic acids is 4. The lowest BCUT2D eigenvalue weighted by molar-refractivity contribution is -0.131. The van der Waals surface area contributed by atoms with Crippen LogP contribution in [0.25, 0.3) is 0 Å². The smallest absolute Gasteiger partial charge is 0.255 e. The van der Waals surface area contributed by atoms with E-state index >= 15 is 0 Å². The first-order chi connectivity index (χ1) is 20.0. The Kier molecular flexibility index (Phi) is 11.5. The monoisotopic (exact) mass is 563 g/mol. The minimum Gasteiger partial charge on any atom is -0.491 e. The van der Waals surface area contributed by atoms with Crippen LogP contribution in [0.15, 0.2) is 54.6 Å². The van der Waals surface area contributed by atoms with Gasteiger partial charge in [0.15, 0.2) is 0 Å². The quantitative estimate of drug-likeness (QED) is 0.381. The van der Waals surface area contributed by atoms with E-state index in [-0.39, 0.29) is 37.5 Å². The molecule has 0 bridgehead atoms. The van der Waals surface area contributed by atoms with Crippen molar-refractivity contribution in [3.8, 4) is 5.75 Å². The molecule has 2 heterocycles. The van der Waals surface area contributed by atoms with E-state index < -0.39 is 29.8 Å². The number of benzene rings is 2. The zero-order chi connectivity index (χ0) is 28.9. The Hall–Kier alpha value is -3.92. The first-order valence-corrected chi connectivity index (χ1v) is 14.6. The van der Waals surface area contributed by atoms with E-state index in [0.717, 1.165) is 31.6 Å². The molecule has 220 valence electrons. The lowest BCUT2D eigenvalue weighted by Crippen LogP contribution is -2.53. The highest BCUT2D eigenvalue weighted by molar-refractivity contribution is 6.01. The fourth-order valence-electron chi connectivity index (χ4n) is 5.18. The number of amides is 4. The maximum Gasteiger partial charge on any atom is 0.255 e. The third-order valence-corrected chi connectivity index (χ3v) is 7.39. The highest BCUT2D eigenvalue weighted by Crippen LogP contribution is 2.18. The van der Waals surface area contributed by atoms with Crippen LogP contribution >= 0.6 is 0 Å². The fraction of sp³-hybridized carbons (Fsp3) is 0.484. The Morgan fingerprint density at radius 2 is 1.66 bits per heavy atom. The fourth-order valence-corrected chi connectivity index (χ4v) is 5.18. The maximum absolute atomic E-state index is 13.3. The number of nitrogens with one attached hydrogen (secondary N) is 4. The second-order valence-electron chi connectivity index (χ2n) is 10.6. The molecular weight excluding hydrogens is 522 g/mol. The molecule has 41 heavy (non-hydrogen) atoms. The minimum atomic E-state index is -1.13. The van der Waals surface area contributed by atoms with E-state index in [9.17, 15) is 19.2 Å². The van der Waals surface area contributed by atoms with Crippen LogP contribution in [0.2, 0.25) is 0 Å². The third kappa shape index (κ3) is 9.60. The van der Waals surface area contributed by atoms with Crippen LogP contribution in [0.4, 0.5) is 0 Å². The molecule has 2 aromatic carbocycles. The van der Waals surface area contributed by atoms with E-state index in [1.165, 1.54) is 25.7 Å². The van der Waals surface area contributed by atoms with Crippen molar-refractivity contribution in [3.63, 3.8) is 0 Å². The van der Waals surface area contributed by atoms with Crippen LogP contribution in [0.1, 0.15) is 54.4 Å². The molecule has 0 unspecified atom stereocenters. The number of likely N-dealkylation sites (tertiary alicyclic amines) is 1. The van der Waals surface area contributed by atoms with Gasteiger partial charge in [0.05, 0.1) is 18.5 Å². The minimum absolute atomic E-state index is 0.128. The van der Waals surface area contributed by atoms with Crippen LogP contribution in [-0.2, 0) is 20.8 Å². The van der Waals surface area contributed by atoms with Gasteiger partial charge < -0.3 is 30.9 Å². The third-order valence-electron chi connectivity index (χ3n) is 7.39. The van der Waals surface area contributed by atoms with Gasteiger partial charge in [0.1, 0.15) is 24.4 Å². The highest BCUT2D eigenvalue weighted by Gasteiger charge is 2.28. The molecule has 1 fully saturated rings. The van der Waals surface area contributed by atoms with Gasteiger partial charge in [0.2, 0.25) is 17.7 Å². The van der Waals surface area contributed by atoms with E-state index in [0.29, 0.717) is 12.3 Å². The standard InChI is InChI=1S/C31H41N5O5/c37-28-22-26(31(40)32-15-10-19-36-17-8-1-2-9-18-36)35-29(38)24-13-6-7-14-27(24)41-20-16-33-30(39)25(34-28)21-23-11-4-3-5-12-23/h3-7,11-14,25-26H,1-2,8-10,15-22H2,(H,32,40)(H,33,39)(H,34,37)(H,35,38)/t25-,26-/m0/s1. The summed E-state index contributed by atoms with van der Waals surface area (Å²) in [4.78, 5) is 55.1. The zero-order valence-electron chi connectivity index (χ0n) is 23.5. The average Bonchev–Trinajstić information content (AvgIpc) is 3.26. The molecule has 2 aromatic rings. The normalized spacial score (nSPS) is 21.1. The zero-order valence-corrected chi connectivity index (χ0v) is 23.5. The highest BCUT2D eigenvalue weighted by atomic mass is 16.5. The number of rotatable bonds is 7. The molecule has 4 N–H and O–H groups in total. The number of nitrogens with zero attached hydrogens (tertiary/aromatic N) is 1. The van der Waals surface area contributed by atoms with Gasteiger partial charge in [-0.25, -0.2) is 0 Å². The first kappa shape index (κ1) is 30.0. The van der Waals surface area contributed by atoms with Gasteiger partial charge in [-0.3, -0.25) is 19.2 Å². The second-order valence-corrected chi connectivity index (χ2v) is 10.6. The van der Waals surface area contributed by atoms with Crippen molar-refractivity contribution >= 4 is 23.6 Å². The summed E-state index contributed by atoms with van der Waals surface area (Å²) in [5.41, 5.74) is 1.13. The molecule has 2 atom stereocenters. The number of hydrogen-bond acceptors (Lipinski definition) is 6. The van der Waals surface area contributed by atoms with Crippen molar-refractivity contribution in [2.24, 2.45) is 0 Å². The van der Waals surface area contributed by atoms with Crippen molar-refractivity contribution in [1.82, 2.24) is 26.2 Å². The molecule has 0 aromatic heterocycles. The van der Waals surface area contributed by atoms with Crippen molar-refractivity contribution in [1.29, 1.82) is 0 Å². The van der Waals surface area contributed by atoms with Crippen LogP contribution in [-0.4, -0.2) is 79.9 Å². The first-order valence-electron chi connectivity index (χ1n) is 14.6. The lowest BCUT2D eigenvalue weighted by atomic mass is 10.0. The van der Waals surface area contributed by atoms with E-state index in [2.05, 4.69) is 26.2 Å². The van der Waals surface area contributed by atoms with Gasteiger partial charge in [-0.05, 0) is 56.6 Å². The summed E-state index contributed by atoms with van der Waals surface area (Å²) in [5.74, 6) is -1.49. The summed E-state index contributed by atoms with van der Waals surface area (Å²) in [6, 6.07) is 14.1. The second kappa shape index (κ2) is 15.8. The maximum atomic E-state index is 13.3. The van der Waals surface area contributed by atoms with Crippen LogP contribution in [0.3, 0.4) is 0 Å². The molecule has 4 rings (SSSR count). The largest absolute Gasteiger partial charge is 0.491 e. The molecule has 4 amide bonds. The number of hydrogen-bond donors (Lipinski definition) is 4. The number of carbonyl (C=O) groups is 4. The Morgan fingerprint density at radius 1 is 0.927 bits per heavy atom. The van der Waals surface area contributed by atoms with E-state index in [1.807, 2.05) is 30.3 Å². The molecule has 10 nitrogen and oxygen atoms in total. The number of ether oxygens (including phenoxy) is 1. The molecule has 0 spiro atoms. The Morgan fingerprint density at radius 3 is 2.44 bits per heavy atom. The van der Waals surface area contributed by atoms with Crippen molar-refractivity contribution in [3.05, 3.63) is 65.7 Å². The summed E-state index contributed by atoms with van der Waals surface area (Å²) < 4.78 is 5.80. The molecular formula is C31H41N5O5. The van der Waals surface area contributed by atoms with E-state index in [1.54, 1.807) is 24.3 Å². The summed E-state index contributed by atoms with van der Waals surface area (Å²) in [6.07, 6.45) is 5.66. The van der Waals surface area contributed by atoms with E-state index in [4.69, 9.17) is 4.74 Å². The van der Waals surface area contributed by atoms with Gasteiger partial charge >= 0.3 is 0 Å². The SMILES string of the molecule is O=C1C[C@@H](C(=O)NCCCN2CCCCCC2)NC(=O)c2ccccc2OCCNC(=O)[C@H](Cc2ccccc2)N1.